The van der Waals surface area contributed by atoms with Crippen LogP contribution < -0.4 is 4.74 Å². The van der Waals surface area contributed by atoms with Crippen molar-refractivity contribution < 1.29 is 23.8 Å². The van der Waals surface area contributed by atoms with E-state index in [1.54, 1.807) is 39.8 Å². The number of esters is 1. The quantitative estimate of drug-likeness (QED) is 0.285. The summed E-state index contributed by atoms with van der Waals surface area (Å²) in [7, 11) is 0. The fourth-order valence-corrected chi connectivity index (χ4v) is 2.24. The average Bonchev–Trinajstić information content (AvgIpc) is 2.62. The maximum absolute atomic E-state index is 12.5. The Morgan fingerprint density at radius 1 is 1.21 bits per heavy atom. The molecule has 28 heavy (non-hydrogen) atoms. The second-order valence-electron chi connectivity index (χ2n) is 7.09. The number of carbonyl (C=O) groups is 2. The van der Waals surface area contributed by atoms with Gasteiger partial charge in [-0.05, 0) is 74.9 Å². The summed E-state index contributed by atoms with van der Waals surface area (Å²) in [6, 6.07) is 9.49. The molecule has 0 radical (unpaired) electrons. The molecular weight excluding hydrogens is 473 g/mol. The van der Waals surface area contributed by atoms with E-state index in [1.165, 1.54) is 4.90 Å². The zero-order valence-corrected chi connectivity index (χ0v) is 19.3. The van der Waals surface area contributed by atoms with Crippen molar-refractivity contribution in [1.29, 1.82) is 0 Å². The van der Waals surface area contributed by atoms with Gasteiger partial charge in [-0.3, -0.25) is 0 Å². The van der Waals surface area contributed by atoms with Gasteiger partial charge in [-0.15, -0.1) is 0 Å². The summed E-state index contributed by atoms with van der Waals surface area (Å²) in [4.78, 5) is 25.9. The van der Waals surface area contributed by atoms with E-state index < -0.39 is 11.7 Å². The first kappa shape index (κ1) is 24.1. The van der Waals surface area contributed by atoms with E-state index in [0.717, 1.165) is 9.99 Å². The maximum Gasteiger partial charge on any atom is 0.410 e. The van der Waals surface area contributed by atoms with Crippen molar-refractivity contribution in [3.8, 4) is 5.75 Å². The van der Waals surface area contributed by atoms with Gasteiger partial charge in [0.15, 0.2) is 5.75 Å². The zero-order valence-electron chi connectivity index (χ0n) is 17.1. The van der Waals surface area contributed by atoms with Crippen molar-refractivity contribution in [3.05, 3.63) is 39.5 Å². The first-order chi connectivity index (χ1) is 13.1. The van der Waals surface area contributed by atoms with Crippen molar-refractivity contribution in [1.82, 2.24) is 4.90 Å². The van der Waals surface area contributed by atoms with Crippen LogP contribution in [-0.2, 0) is 14.3 Å². The van der Waals surface area contributed by atoms with Crippen LogP contribution in [0.25, 0.3) is 0 Å². The molecule has 0 fully saturated rings. The second kappa shape index (κ2) is 11.8. The molecule has 0 heterocycles. The van der Waals surface area contributed by atoms with Crippen molar-refractivity contribution >= 4 is 34.7 Å². The van der Waals surface area contributed by atoms with Crippen LogP contribution in [0.5, 0.6) is 5.75 Å². The molecule has 0 unspecified atom stereocenters. The molecule has 0 spiro atoms. The summed E-state index contributed by atoms with van der Waals surface area (Å²) in [6.07, 6.45) is 1.94. The van der Waals surface area contributed by atoms with Crippen LogP contribution in [0, 0.1) is 15.7 Å². The zero-order chi connectivity index (χ0) is 21.2. The Bertz CT molecular complexity index is 664. The van der Waals surface area contributed by atoms with Crippen LogP contribution in [-0.4, -0.2) is 48.9 Å². The first-order valence-electron chi connectivity index (χ1n) is 9.16. The highest BCUT2D eigenvalue weighted by atomic mass is 127. The Balaban J connectivity index is 2.71. The number of ether oxygens (including phenoxy) is 3. The molecule has 1 aromatic rings. The molecule has 0 aromatic heterocycles. The third kappa shape index (κ3) is 9.83. The van der Waals surface area contributed by atoms with Crippen molar-refractivity contribution in [2.75, 3.05) is 26.3 Å². The van der Waals surface area contributed by atoms with Crippen LogP contribution in [0.15, 0.2) is 23.8 Å². The molecule has 0 saturated carbocycles. The molecule has 0 aliphatic carbocycles. The van der Waals surface area contributed by atoms with Gasteiger partial charge >= 0.3 is 12.1 Å². The van der Waals surface area contributed by atoms with Crippen LogP contribution >= 0.6 is 22.6 Å². The lowest BCUT2D eigenvalue weighted by molar-refractivity contribution is -0.139. The minimum atomic E-state index is -0.617. The van der Waals surface area contributed by atoms with Gasteiger partial charge in [-0.1, -0.05) is 19.1 Å². The number of hydrogen-bond acceptors (Lipinski definition) is 5. The lowest BCUT2D eigenvalue weighted by Gasteiger charge is -2.26. The Hall–Kier alpha value is -1.95. The molecule has 6 nitrogen and oxygen atoms in total. The molecule has 154 valence electrons. The summed E-state index contributed by atoms with van der Waals surface area (Å²) in [5, 5.41) is 0. The standard InChI is InChI=1S/C21H28INO5/c1-6-14-27-19(24)16(2)11-12-23(20(25)28-21(3,4)5)13-15-26-18-9-7-17(22)8-10-18/h7,9,11H,6,12-15H2,1-5H3/b16-11+. The molecule has 0 saturated heterocycles. The number of carbonyl (C=O) groups excluding carboxylic acids is 2. The summed E-state index contributed by atoms with van der Waals surface area (Å²) >= 11 is 2.14. The molecule has 1 aromatic carbocycles. The maximum atomic E-state index is 12.5. The number of rotatable bonds is 9. The molecule has 0 aliphatic rings. The topological polar surface area (TPSA) is 65.1 Å². The van der Waals surface area contributed by atoms with Crippen molar-refractivity contribution in [2.24, 2.45) is 0 Å². The summed E-state index contributed by atoms with van der Waals surface area (Å²) in [5.74, 6) is 0.172. The fourth-order valence-electron chi connectivity index (χ4n) is 1.93. The average molecular weight is 501 g/mol. The Morgan fingerprint density at radius 3 is 2.50 bits per heavy atom. The molecular formula is C21H28INO5. The minimum absolute atomic E-state index is 0.216. The number of nitrogens with zero attached hydrogens (tertiary/aromatic N) is 1. The summed E-state index contributed by atoms with van der Waals surface area (Å²) in [6.45, 7) is 10.2. The predicted octanol–water partition coefficient (Wildman–Crippen LogP) is 4.41. The van der Waals surface area contributed by atoms with E-state index in [-0.39, 0.29) is 19.1 Å². The molecule has 0 N–H and O–H groups in total. The molecule has 7 heteroatoms. The van der Waals surface area contributed by atoms with Crippen LogP contribution in [0.3, 0.4) is 0 Å². The van der Waals surface area contributed by atoms with Gasteiger partial charge in [0.2, 0.25) is 0 Å². The largest absolute Gasteiger partial charge is 0.484 e. The van der Waals surface area contributed by atoms with Gasteiger partial charge in [0.1, 0.15) is 12.2 Å². The SMILES string of the molecule is CCCOC(=O)/C(C)=C/CN(CCOc1c#cc(I)cc1)C(=O)OC(C)(C)C. The summed E-state index contributed by atoms with van der Waals surface area (Å²) in [5.41, 5.74) is -0.170. The van der Waals surface area contributed by atoms with Crippen molar-refractivity contribution in [2.45, 2.75) is 46.6 Å². The predicted molar refractivity (Wildman–Crippen MR) is 115 cm³/mol. The van der Waals surface area contributed by atoms with Gasteiger partial charge < -0.3 is 19.1 Å². The number of hydrogen-bond donors (Lipinski definition) is 0. The lowest BCUT2D eigenvalue weighted by atomic mass is 10.2. The number of halogens is 1. The van der Waals surface area contributed by atoms with E-state index in [9.17, 15) is 9.59 Å². The van der Waals surface area contributed by atoms with Gasteiger partial charge in [0.25, 0.3) is 0 Å². The normalized spacial score (nSPS) is 11.4. The Kier molecular flexibility index (Phi) is 10.1. The van der Waals surface area contributed by atoms with Crippen LogP contribution in [0.2, 0.25) is 0 Å². The third-order valence-electron chi connectivity index (χ3n) is 3.33. The summed E-state index contributed by atoms with van der Waals surface area (Å²) < 4.78 is 17.1. The van der Waals surface area contributed by atoms with E-state index >= 15 is 0 Å². The van der Waals surface area contributed by atoms with Gasteiger partial charge in [-0.25, -0.2) is 9.59 Å². The van der Waals surface area contributed by atoms with Crippen LogP contribution in [0.1, 0.15) is 41.0 Å². The van der Waals surface area contributed by atoms with Gasteiger partial charge in [0, 0.05) is 12.1 Å². The highest BCUT2D eigenvalue weighted by molar-refractivity contribution is 14.1. The Labute approximate surface area is 181 Å². The van der Waals surface area contributed by atoms with Gasteiger partial charge in [-0.2, -0.15) is 0 Å². The van der Waals surface area contributed by atoms with E-state index in [4.69, 9.17) is 14.2 Å². The molecule has 1 amide bonds. The Morgan fingerprint density at radius 2 is 1.93 bits per heavy atom. The lowest BCUT2D eigenvalue weighted by Crippen LogP contribution is -2.39. The minimum Gasteiger partial charge on any atom is -0.484 e. The smallest absolute Gasteiger partial charge is 0.410 e. The van der Waals surface area contributed by atoms with E-state index in [1.807, 2.05) is 13.0 Å². The van der Waals surface area contributed by atoms with Crippen molar-refractivity contribution in [3.63, 3.8) is 0 Å². The third-order valence-corrected chi connectivity index (χ3v) is 3.96. The molecule has 0 aliphatic heterocycles. The number of amides is 1. The fraction of sp³-hybridized carbons (Fsp3) is 0.524. The highest BCUT2D eigenvalue weighted by Crippen LogP contribution is 2.12. The second-order valence-corrected chi connectivity index (χ2v) is 8.26. The molecule has 0 bridgehead atoms. The highest BCUT2D eigenvalue weighted by Gasteiger charge is 2.22. The monoisotopic (exact) mass is 501 g/mol. The molecule has 1 rings (SSSR count). The van der Waals surface area contributed by atoms with E-state index in [2.05, 4.69) is 34.7 Å². The van der Waals surface area contributed by atoms with E-state index in [0.29, 0.717) is 24.5 Å². The van der Waals surface area contributed by atoms with Gasteiger partial charge in [0.05, 0.1) is 16.7 Å². The molecule has 0 atom stereocenters. The first-order valence-corrected chi connectivity index (χ1v) is 10.2. The van der Waals surface area contributed by atoms with Crippen LogP contribution in [0.4, 0.5) is 4.79 Å².